The summed E-state index contributed by atoms with van der Waals surface area (Å²) in [6, 6.07) is 5.41. The number of phenolic OH excluding ortho intramolecular Hbond substituents is 1. The maximum atomic E-state index is 14.0. The molecule has 2 heterocycles. The van der Waals surface area contributed by atoms with Crippen LogP contribution in [0, 0.1) is 11.8 Å². The largest absolute Gasteiger partial charge is 0.508 e. The third-order valence-electron chi connectivity index (χ3n) is 8.61. The molecular formula is C28H29N3O8. The smallest absolute Gasteiger partial charge is 0.255 e. The van der Waals surface area contributed by atoms with Gasteiger partial charge in [-0.25, -0.2) is 0 Å². The Morgan fingerprint density at radius 2 is 1.87 bits per heavy atom. The average Bonchev–Trinajstić information content (AvgIpc) is 3.44. The van der Waals surface area contributed by atoms with Gasteiger partial charge in [0.15, 0.2) is 11.4 Å². The van der Waals surface area contributed by atoms with E-state index in [0.717, 1.165) is 11.3 Å². The van der Waals surface area contributed by atoms with Gasteiger partial charge in [0, 0.05) is 48.2 Å². The molecule has 2 aromatic rings. The van der Waals surface area contributed by atoms with E-state index in [0.29, 0.717) is 31.6 Å². The molecule has 39 heavy (non-hydrogen) atoms. The van der Waals surface area contributed by atoms with Crippen molar-refractivity contribution in [1.29, 1.82) is 0 Å². The number of nitrogens with one attached hydrogen (secondary N) is 2. The van der Waals surface area contributed by atoms with Gasteiger partial charge in [-0.05, 0) is 61.4 Å². The SMILES string of the molecule is NC(=O)C1=C(O)C2(O)C(=O)C3=C(O)c4c(O)ccc(-c5ccc[nH]5)c4CC3CC2C(NC2CCOCC2)C1=O. The lowest BCUT2D eigenvalue weighted by Crippen LogP contribution is -2.67. The lowest BCUT2D eigenvalue weighted by Gasteiger charge is -2.49. The molecule has 0 spiro atoms. The second-order valence-corrected chi connectivity index (χ2v) is 10.7. The lowest BCUT2D eigenvalue weighted by atomic mass is 9.57. The topological polar surface area (TPSA) is 195 Å². The number of primary amides is 1. The summed E-state index contributed by atoms with van der Waals surface area (Å²) in [5.74, 6) is -6.72. The Morgan fingerprint density at radius 1 is 1.13 bits per heavy atom. The van der Waals surface area contributed by atoms with Crippen LogP contribution in [0.1, 0.15) is 30.4 Å². The van der Waals surface area contributed by atoms with Crippen molar-refractivity contribution in [1.82, 2.24) is 10.3 Å². The second-order valence-electron chi connectivity index (χ2n) is 10.7. The predicted molar refractivity (Wildman–Crippen MR) is 137 cm³/mol. The van der Waals surface area contributed by atoms with Crippen molar-refractivity contribution in [3.63, 3.8) is 0 Å². The van der Waals surface area contributed by atoms with E-state index >= 15 is 0 Å². The Labute approximate surface area is 223 Å². The summed E-state index contributed by atoms with van der Waals surface area (Å²) in [7, 11) is 0. The van der Waals surface area contributed by atoms with Crippen molar-refractivity contribution < 1.29 is 39.5 Å². The molecule has 0 radical (unpaired) electrons. The van der Waals surface area contributed by atoms with Gasteiger partial charge in [-0.15, -0.1) is 0 Å². The highest BCUT2D eigenvalue weighted by atomic mass is 16.5. The zero-order valence-electron chi connectivity index (χ0n) is 20.9. The molecule has 1 amide bonds. The number of hydrogen-bond donors (Lipinski definition) is 7. The number of phenols is 1. The Hall–Kier alpha value is -3.93. The summed E-state index contributed by atoms with van der Waals surface area (Å²) in [6.45, 7) is 0.919. The van der Waals surface area contributed by atoms with Crippen LogP contribution in [-0.4, -0.2) is 73.8 Å². The van der Waals surface area contributed by atoms with Gasteiger partial charge in [0.05, 0.1) is 11.6 Å². The summed E-state index contributed by atoms with van der Waals surface area (Å²) in [5.41, 5.74) is 3.89. The van der Waals surface area contributed by atoms with E-state index in [1.807, 2.05) is 12.1 Å². The van der Waals surface area contributed by atoms with Crippen molar-refractivity contribution in [3.05, 3.63) is 58.5 Å². The Kier molecular flexibility index (Phi) is 5.90. The molecule has 4 aliphatic rings. The van der Waals surface area contributed by atoms with E-state index in [-0.39, 0.29) is 35.8 Å². The van der Waals surface area contributed by atoms with E-state index in [4.69, 9.17) is 10.5 Å². The highest BCUT2D eigenvalue weighted by molar-refractivity contribution is 6.24. The molecule has 1 aromatic heterocycles. The monoisotopic (exact) mass is 535 g/mol. The van der Waals surface area contributed by atoms with Crippen molar-refractivity contribution in [3.8, 4) is 17.0 Å². The predicted octanol–water partition coefficient (Wildman–Crippen LogP) is 1.17. The molecule has 11 heteroatoms. The normalized spacial score (nSPS) is 29.2. The Bertz CT molecular complexity index is 1450. The van der Waals surface area contributed by atoms with Gasteiger partial charge in [-0.1, -0.05) is 0 Å². The molecule has 1 aliphatic heterocycles. The lowest BCUT2D eigenvalue weighted by molar-refractivity contribution is -0.150. The highest BCUT2D eigenvalue weighted by Crippen LogP contribution is 2.53. The minimum absolute atomic E-state index is 0.0314. The second kappa shape index (κ2) is 9.08. The minimum atomic E-state index is -2.68. The van der Waals surface area contributed by atoms with Crippen molar-refractivity contribution in [2.75, 3.05) is 13.2 Å². The molecule has 3 aliphatic carbocycles. The molecule has 6 rings (SSSR count). The third-order valence-corrected chi connectivity index (χ3v) is 8.61. The first-order valence-electron chi connectivity index (χ1n) is 12.9. The molecule has 0 bridgehead atoms. The number of aromatic amines is 1. The van der Waals surface area contributed by atoms with Gasteiger partial charge in [-0.2, -0.15) is 0 Å². The van der Waals surface area contributed by atoms with E-state index in [2.05, 4.69) is 10.3 Å². The van der Waals surface area contributed by atoms with Gasteiger partial charge >= 0.3 is 0 Å². The summed E-state index contributed by atoms with van der Waals surface area (Å²) >= 11 is 0. The summed E-state index contributed by atoms with van der Waals surface area (Å²) < 4.78 is 5.39. The zero-order chi connectivity index (χ0) is 27.6. The number of aliphatic hydroxyl groups excluding tert-OH is 2. The quantitative estimate of drug-likeness (QED) is 0.281. The molecule has 4 unspecified atom stereocenters. The standard InChI is InChI=1S/C28H29N3O8/c29-27(37)21-24(34)22(31-13-5-8-39-9-6-13)16-11-12-10-15-14(17-2-1-7-30-17)3-4-18(32)20(15)23(33)19(12)25(35)28(16,38)26(21)36/h1-4,7,12-13,16,22,30-33,36,38H,5-6,8-11H2,(H2,29,37). The van der Waals surface area contributed by atoms with Crippen LogP contribution in [0.5, 0.6) is 5.75 Å². The number of benzene rings is 1. The van der Waals surface area contributed by atoms with Gasteiger partial charge in [0.25, 0.3) is 5.91 Å². The number of ether oxygens (including phenoxy) is 1. The average molecular weight is 536 g/mol. The van der Waals surface area contributed by atoms with Gasteiger partial charge in [0.1, 0.15) is 22.8 Å². The molecule has 1 saturated heterocycles. The van der Waals surface area contributed by atoms with Crippen molar-refractivity contribution in [2.24, 2.45) is 17.6 Å². The molecule has 1 aromatic carbocycles. The van der Waals surface area contributed by atoms with E-state index < -0.39 is 58.0 Å². The van der Waals surface area contributed by atoms with E-state index in [1.54, 1.807) is 12.3 Å². The Balaban J connectivity index is 1.51. The van der Waals surface area contributed by atoms with Crippen molar-refractivity contribution >= 4 is 23.2 Å². The van der Waals surface area contributed by atoms with Gasteiger partial charge in [-0.3, -0.25) is 14.4 Å². The number of hydrogen-bond acceptors (Lipinski definition) is 9. The van der Waals surface area contributed by atoms with Crippen LogP contribution in [0.25, 0.3) is 17.0 Å². The number of carbonyl (C=O) groups excluding carboxylic acids is 3. The van der Waals surface area contributed by atoms with Crippen LogP contribution in [0.3, 0.4) is 0 Å². The summed E-state index contributed by atoms with van der Waals surface area (Å²) in [6.07, 6.45) is 3.15. The van der Waals surface area contributed by atoms with Crippen LogP contribution in [0.4, 0.5) is 0 Å². The van der Waals surface area contributed by atoms with Crippen LogP contribution in [-0.2, 0) is 25.5 Å². The third kappa shape index (κ3) is 3.64. The first kappa shape index (κ1) is 25.4. The molecule has 1 saturated carbocycles. The zero-order valence-corrected chi connectivity index (χ0v) is 20.9. The number of carbonyl (C=O) groups is 3. The number of fused-ring (bicyclic) bond motifs is 3. The van der Waals surface area contributed by atoms with E-state index in [9.17, 15) is 34.8 Å². The first-order valence-corrected chi connectivity index (χ1v) is 12.9. The van der Waals surface area contributed by atoms with E-state index in [1.165, 1.54) is 6.07 Å². The number of Topliss-reactive ketones (excluding diaryl/α,β-unsaturated/α-hetero) is 2. The first-order chi connectivity index (χ1) is 18.6. The molecule has 2 fully saturated rings. The van der Waals surface area contributed by atoms with Crippen LogP contribution in [0.2, 0.25) is 0 Å². The van der Waals surface area contributed by atoms with Crippen LogP contribution < -0.4 is 11.1 Å². The molecular weight excluding hydrogens is 506 g/mol. The summed E-state index contributed by atoms with van der Waals surface area (Å²) in [5, 5.41) is 48.1. The van der Waals surface area contributed by atoms with Crippen molar-refractivity contribution in [2.45, 2.75) is 43.4 Å². The number of rotatable bonds is 4. The molecule has 4 atom stereocenters. The number of amides is 1. The molecule has 8 N–H and O–H groups in total. The molecule has 204 valence electrons. The number of aromatic nitrogens is 1. The maximum absolute atomic E-state index is 14.0. The maximum Gasteiger partial charge on any atom is 0.255 e. The minimum Gasteiger partial charge on any atom is -0.508 e. The number of H-pyrrole nitrogens is 1. The fourth-order valence-electron chi connectivity index (χ4n) is 6.74. The number of nitrogens with two attached hydrogens (primary N) is 1. The number of aliphatic hydroxyl groups is 3. The molecule has 11 nitrogen and oxygen atoms in total. The number of aromatic hydroxyl groups is 1. The highest BCUT2D eigenvalue weighted by Gasteiger charge is 2.64. The van der Waals surface area contributed by atoms with Gasteiger partial charge < -0.3 is 41.2 Å². The van der Waals surface area contributed by atoms with Gasteiger partial charge in [0.2, 0.25) is 5.78 Å². The Morgan fingerprint density at radius 3 is 2.54 bits per heavy atom. The van der Waals surface area contributed by atoms with Crippen LogP contribution >= 0.6 is 0 Å². The summed E-state index contributed by atoms with van der Waals surface area (Å²) in [4.78, 5) is 42.9. The van der Waals surface area contributed by atoms with Crippen LogP contribution in [0.15, 0.2) is 47.4 Å². The fraction of sp³-hybridized carbons (Fsp3) is 0.393. The number of ketones is 2. The fourth-order valence-corrected chi connectivity index (χ4v) is 6.74.